The summed E-state index contributed by atoms with van der Waals surface area (Å²) in [5, 5.41) is 25.6. The van der Waals surface area contributed by atoms with Crippen molar-refractivity contribution in [3.8, 4) is 0 Å². The number of carboxylic acid groups (broad SMARTS) is 3. The molecule has 0 radical (unpaired) electrons. The van der Waals surface area contributed by atoms with Crippen molar-refractivity contribution in [1.82, 2.24) is 0 Å². The van der Waals surface area contributed by atoms with Crippen LogP contribution in [0.3, 0.4) is 0 Å². The highest BCUT2D eigenvalue weighted by Gasteiger charge is 2.00. The Morgan fingerprint density at radius 2 is 0.381 bits per heavy atom. The zero-order chi connectivity index (χ0) is 47.4. The van der Waals surface area contributed by atoms with Crippen molar-refractivity contribution in [2.24, 2.45) is 0 Å². The normalized spacial score (nSPS) is 10.6. The van der Waals surface area contributed by atoms with E-state index in [1.807, 2.05) is 5.70 Å². The number of rotatable bonds is 48. The molecule has 0 atom stereocenters. The third kappa shape index (κ3) is 84.4. The lowest BCUT2D eigenvalue weighted by Gasteiger charge is -2.03. The molecule has 0 aromatic heterocycles. The zero-order valence-corrected chi connectivity index (χ0v) is 45.3. The molecule has 0 aliphatic carbocycles. The summed E-state index contributed by atoms with van der Waals surface area (Å²) >= 11 is 0. The second-order valence-corrected chi connectivity index (χ2v) is 19.5. The van der Waals surface area contributed by atoms with Gasteiger partial charge in [0.05, 0.1) is 0 Å². The van der Waals surface area contributed by atoms with Crippen LogP contribution in [-0.2, 0) is 14.4 Å². The number of unbranched alkanes of at least 4 members (excludes halogenated alkanes) is 42. The maximum Gasteiger partial charge on any atom is 0.303 e. The third-order valence-corrected chi connectivity index (χ3v) is 12.0. The van der Waals surface area contributed by atoms with Gasteiger partial charge < -0.3 is 15.3 Å². The molecule has 6 nitrogen and oxygen atoms in total. The van der Waals surface area contributed by atoms with Crippen LogP contribution in [0.4, 0.5) is 0 Å². The maximum absolute atomic E-state index is 10.3. The maximum atomic E-state index is 10.3. The van der Waals surface area contributed by atoms with Crippen LogP contribution >= 0.6 is 0 Å². The van der Waals surface area contributed by atoms with Gasteiger partial charge in [-0.1, -0.05) is 290 Å². The molecule has 0 aromatic carbocycles. The van der Waals surface area contributed by atoms with E-state index in [4.69, 9.17) is 15.3 Å². The molecule has 3 N–H and O–H groups in total. The summed E-state index contributed by atoms with van der Waals surface area (Å²) in [4.78, 5) is 31.0. The molecule has 0 fully saturated rings. The van der Waals surface area contributed by atoms with Crippen molar-refractivity contribution in [3.63, 3.8) is 0 Å². The molecule has 0 heterocycles. The molecule has 0 spiro atoms. The van der Waals surface area contributed by atoms with Crippen molar-refractivity contribution in [2.45, 2.75) is 329 Å². The minimum absolute atomic E-state index is 0.345. The lowest BCUT2D eigenvalue weighted by atomic mass is 10.0. The van der Waals surface area contributed by atoms with Crippen molar-refractivity contribution in [2.75, 3.05) is 0 Å². The second-order valence-electron chi connectivity index (χ2n) is 18.7. The average Bonchev–Trinajstić information content (AvgIpc) is 3.25. The fraction of sp³-hybridized carbons (Fsp3) is 0.911. The largest absolute Gasteiger partial charge is 0.481 e. The van der Waals surface area contributed by atoms with Crippen LogP contribution in [-0.4, -0.2) is 43.5 Å². The molecule has 0 aliphatic rings. The summed E-state index contributed by atoms with van der Waals surface area (Å²) in [5.74, 6) is -1.96. The molecule has 0 saturated carbocycles. The first-order valence-electron chi connectivity index (χ1n) is 28.0. The molecule has 0 aromatic rings. The van der Waals surface area contributed by atoms with Gasteiger partial charge in [-0.15, -0.1) is 12.3 Å². The van der Waals surface area contributed by atoms with E-state index in [9.17, 15) is 14.4 Å². The van der Waals surface area contributed by atoms with Crippen molar-refractivity contribution < 1.29 is 29.7 Å². The fourth-order valence-electron chi connectivity index (χ4n) is 7.94. The van der Waals surface area contributed by atoms with Crippen LogP contribution < -0.4 is 0 Å². The van der Waals surface area contributed by atoms with Gasteiger partial charge in [0.25, 0.3) is 0 Å². The monoisotopic (exact) mass is 911 g/mol. The molecule has 63 heavy (non-hydrogen) atoms. The molecule has 7 heteroatoms. The summed E-state index contributed by atoms with van der Waals surface area (Å²) in [6.45, 7) is 10.2. The summed E-state index contributed by atoms with van der Waals surface area (Å²) in [6.07, 6.45) is 60.6. The Bertz CT molecular complexity index is 760. The highest BCUT2D eigenvalue weighted by molar-refractivity contribution is 6.16. The van der Waals surface area contributed by atoms with Crippen LogP contribution in [0.2, 0.25) is 0 Å². The Hall–Kier alpha value is -1.63. The van der Waals surface area contributed by atoms with Gasteiger partial charge in [-0.2, -0.15) is 0 Å². The van der Waals surface area contributed by atoms with Gasteiger partial charge in [0.15, 0.2) is 0 Å². The Kier molecular flexibility index (Phi) is 72.2. The predicted octanol–water partition coefficient (Wildman–Crippen LogP) is 18.5. The summed E-state index contributed by atoms with van der Waals surface area (Å²) in [5.41, 5.74) is 1.89. The number of hydrogen-bond acceptors (Lipinski definition) is 3. The molecule has 0 rings (SSSR count). The van der Waals surface area contributed by atoms with Gasteiger partial charge in [-0.25, -0.2) is 0 Å². The summed E-state index contributed by atoms with van der Waals surface area (Å²) in [7, 11) is 1.13. The predicted molar refractivity (Wildman–Crippen MR) is 282 cm³/mol. The average molecular weight is 912 g/mol. The molecule has 0 saturated heterocycles. The van der Waals surface area contributed by atoms with Gasteiger partial charge in [0, 0.05) is 29.5 Å². The minimum atomic E-state index is -0.653. The smallest absolute Gasteiger partial charge is 0.303 e. The highest BCUT2D eigenvalue weighted by atomic mass is 28.1. The zero-order valence-electron chi connectivity index (χ0n) is 43.3. The topological polar surface area (TPSA) is 112 Å². The van der Waals surface area contributed by atoms with Crippen LogP contribution in [0.1, 0.15) is 329 Å². The number of hydrogen-bond donors (Lipinski definition) is 3. The summed E-state index contributed by atoms with van der Waals surface area (Å²) in [6, 6.07) is 0. The van der Waals surface area contributed by atoms with Gasteiger partial charge in [0.2, 0.25) is 0 Å². The highest BCUT2D eigenvalue weighted by Crippen LogP contribution is 2.16. The van der Waals surface area contributed by atoms with E-state index in [2.05, 4.69) is 27.4 Å². The first-order valence-corrected chi connectivity index (χ1v) is 29.1. The molecular weight excluding hydrogens is 797 g/mol. The molecular formula is C56H114O6Si. The van der Waals surface area contributed by atoms with Crippen molar-refractivity contribution >= 4 is 28.2 Å². The molecule has 0 unspecified atom stereocenters. The van der Waals surface area contributed by atoms with Crippen LogP contribution in [0.25, 0.3) is 0 Å². The van der Waals surface area contributed by atoms with E-state index in [0.717, 1.165) is 48.8 Å². The third-order valence-electron chi connectivity index (χ3n) is 12.0. The molecule has 0 amide bonds. The first kappa shape index (κ1) is 68.0. The van der Waals surface area contributed by atoms with Gasteiger partial charge in [-0.05, 0) is 19.3 Å². The minimum Gasteiger partial charge on any atom is -0.481 e. The Balaban J connectivity index is -0.000000401. The Morgan fingerprint density at radius 3 is 0.476 bits per heavy atom. The first-order chi connectivity index (χ1) is 30.7. The van der Waals surface area contributed by atoms with Crippen molar-refractivity contribution in [1.29, 1.82) is 0 Å². The SMILES string of the molecule is C=C[SiH3].CCCCCCCCCCCCCCCCCC(=O)O.CCCCCCCCCCCCCCCCCC(=O)O.CCCCCCCCCCCCCCCCCC(=O)O. The number of aliphatic carboxylic acids is 3. The van der Waals surface area contributed by atoms with E-state index < -0.39 is 17.9 Å². The fourth-order valence-corrected chi connectivity index (χ4v) is 7.94. The van der Waals surface area contributed by atoms with Crippen LogP contribution in [0, 0.1) is 0 Å². The van der Waals surface area contributed by atoms with E-state index in [1.54, 1.807) is 0 Å². The number of carboxylic acids is 3. The van der Waals surface area contributed by atoms with E-state index in [0.29, 0.717) is 19.3 Å². The lowest BCUT2D eigenvalue weighted by molar-refractivity contribution is -0.138. The molecule has 0 aliphatic heterocycles. The standard InChI is InChI=1S/3C18H36O2.C2H6Si/c3*1-2-3-4-5-6-7-8-9-10-11-12-13-14-15-16-17-18(19)20;1-2-3/h3*2-17H2,1H3,(H,19,20);2H,1H2,3H3. The summed E-state index contributed by atoms with van der Waals surface area (Å²) < 4.78 is 0. The Morgan fingerprint density at radius 1 is 0.286 bits per heavy atom. The van der Waals surface area contributed by atoms with Crippen LogP contribution in [0.5, 0.6) is 0 Å². The van der Waals surface area contributed by atoms with Crippen molar-refractivity contribution in [3.05, 3.63) is 12.3 Å². The van der Waals surface area contributed by atoms with E-state index in [1.165, 1.54) is 250 Å². The molecule has 378 valence electrons. The number of carbonyl (C=O) groups is 3. The molecule has 0 bridgehead atoms. The quantitative estimate of drug-likeness (QED) is 0.0414. The Labute approximate surface area is 397 Å². The second kappa shape index (κ2) is 67.0. The lowest BCUT2D eigenvalue weighted by Crippen LogP contribution is -1.93. The van der Waals surface area contributed by atoms with Gasteiger partial charge in [-0.3, -0.25) is 14.4 Å². The van der Waals surface area contributed by atoms with E-state index in [-0.39, 0.29) is 0 Å². The van der Waals surface area contributed by atoms with Crippen LogP contribution in [0.15, 0.2) is 12.3 Å². The van der Waals surface area contributed by atoms with Gasteiger partial charge >= 0.3 is 17.9 Å². The van der Waals surface area contributed by atoms with E-state index >= 15 is 0 Å². The van der Waals surface area contributed by atoms with Gasteiger partial charge in [0.1, 0.15) is 0 Å².